The van der Waals surface area contributed by atoms with Gasteiger partial charge in [-0.25, -0.2) is 0 Å². The molecule has 2 aromatic rings. The Kier molecular flexibility index (Phi) is 4.85. The molecule has 5 heteroatoms. The summed E-state index contributed by atoms with van der Waals surface area (Å²) in [4.78, 5) is 19.3. The van der Waals surface area contributed by atoms with Gasteiger partial charge in [0.2, 0.25) is 0 Å². The molecule has 1 unspecified atom stereocenters. The Morgan fingerprint density at radius 1 is 1.32 bits per heavy atom. The molecule has 4 nitrogen and oxygen atoms in total. The Morgan fingerprint density at radius 2 is 2.14 bits per heavy atom. The molecule has 0 bridgehead atoms. The number of pyridine rings is 1. The number of carboxylic acid groups (broad SMARTS) is 1. The van der Waals surface area contributed by atoms with Crippen LogP contribution in [0, 0.1) is 5.92 Å². The maximum atomic E-state index is 11.1. The predicted molar refractivity (Wildman–Crippen MR) is 86.9 cm³/mol. The first-order valence-electron chi connectivity index (χ1n) is 7.64. The van der Waals surface area contributed by atoms with E-state index in [1.165, 1.54) is 4.88 Å². The Bertz CT molecular complexity index is 592. The second-order valence-corrected chi connectivity index (χ2v) is 6.68. The molecular formula is C17H20N2O2S. The Balaban J connectivity index is 1.74. The molecule has 0 saturated carbocycles. The number of aliphatic carboxylic acids is 1. The lowest BCUT2D eigenvalue weighted by Crippen LogP contribution is -2.39. The van der Waals surface area contributed by atoms with Crippen molar-refractivity contribution in [2.45, 2.75) is 25.3 Å². The van der Waals surface area contributed by atoms with Gasteiger partial charge in [0.05, 0.1) is 5.92 Å². The Hall–Kier alpha value is -1.72. The summed E-state index contributed by atoms with van der Waals surface area (Å²) in [6.45, 7) is 1.68. The van der Waals surface area contributed by atoms with Gasteiger partial charge in [0.1, 0.15) is 0 Å². The number of nitrogens with zero attached hydrogens (tertiary/aromatic N) is 2. The van der Waals surface area contributed by atoms with E-state index in [2.05, 4.69) is 33.5 Å². The maximum Gasteiger partial charge on any atom is 0.306 e. The van der Waals surface area contributed by atoms with E-state index in [-0.39, 0.29) is 5.92 Å². The van der Waals surface area contributed by atoms with Gasteiger partial charge in [-0.1, -0.05) is 12.1 Å². The van der Waals surface area contributed by atoms with Crippen molar-refractivity contribution in [3.05, 3.63) is 52.5 Å². The Morgan fingerprint density at radius 3 is 2.73 bits per heavy atom. The maximum absolute atomic E-state index is 11.1. The summed E-state index contributed by atoms with van der Waals surface area (Å²) in [5.74, 6) is -0.841. The van der Waals surface area contributed by atoms with Gasteiger partial charge < -0.3 is 5.11 Å². The van der Waals surface area contributed by atoms with E-state index in [0.29, 0.717) is 6.04 Å². The number of carbonyl (C=O) groups is 1. The van der Waals surface area contributed by atoms with E-state index in [4.69, 9.17) is 5.11 Å². The third kappa shape index (κ3) is 3.54. The highest BCUT2D eigenvalue weighted by Crippen LogP contribution is 2.31. The van der Waals surface area contributed by atoms with Gasteiger partial charge in [-0.15, -0.1) is 11.3 Å². The molecule has 1 aliphatic heterocycles. The topological polar surface area (TPSA) is 53.4 Å². The van der Waals surface area contributed by atoms with Gasteiger partial charge in [-0.3, -0.25) is 14.7 Å². The lowest BCUT2D eigenvalue weighted by Gasteiger charge is -2.36. The van der Waals surface area contributed by atoms with E-state index in [9.17, 15) is 4.79 Å². The molecule has 0 spiro atoms. The molecule has 116 valence electrons. The van der Waals surface area contributed by atoms with Gasteiger partial charge in [-0.2, -0.15) is 0 Å². The van der Waals surface area contributed by atoms with Crippen LogP contribution in [-0.2, 0) is 11.2 Å². The summed E-state index contributed by atoms with van der Waals surface area (Å²) < 4.78 is 0. The Labute approximate surface area is 134 Å². The fraction of sp³-hybridized carbons (Fsp3) is 0.412. The van der Waals surface area contributed by atoms with Crippen LogP contribution in [0.25, 0.3) is 0 Å². The zero-order valence-electron chi connectivity index (χ0n) is 12.4. The number of hydrogen-bond acceptors (Lipinski definition) is 4. The van der Waals surface area contributed by atoms with Crippen LogP contribution in [0.3, 0.4) is 0 Å². The van der Waals surface area contributed by atoms with Gasteiger partial charge in [0.25, 0.3) is 0 Å². The van der Waals surface area contributed by atoms with Crippen molar-refractivity contribution in [3.63, 3.8) is 0 Å². The van der Waals surface area contributed by atoms with E-state index in [1.54, 1.807) is 11.3 Å². The van der Waals surface area contributed by atoms with Gasteiger partial charge >= 0.3 is 5.97 Å². The molecular weight excluding hydrogens is 296 g/mol. The van der Waals surface area contributed by atoms with Crippen LogP contribution < -0.4 is 0 Å². The van der Waals surface area contributed by atoms with Crippen molar-refractivity contribution in [1.29, 1.82) is 0 Å². The zero-order valence-corrected chi connectivity index (χ0v) is 13.2. The molecule has 3 heterocycles. The van der Waals surface area contributed by atoms with E-state index >= 15 is 0 Å². The monoisotopic (exact) mass is 316 g/mol. The summed E-state index contributed by atoms with van der Waals surface area (Å²) in [7, 11) is 0. The minimum Gasteiger partial charge on any atom is -0.481 e. The molecule has 1 fully saturated rings. The van der Waals surface area contributed by atoms with E-state index in [1.807, 2.05) is 18.3 Å². The van der Waals surface area contributed by atoms with Crippen molar-refractivity contribution in [3.8, 4) is 0 Å². The second-order valence-electron chi connectivity index (χ2n) is 5.70. The number of carboxylic acids is 1. The van der Waals surface area contributed by atoms with Crippen molar-refractivity contribution in [1.82, 2.24) is 9.88 Å². The SMILES string of the molecule is O=C(O)C1CCN(C(Cc2ccccn2)c2cccs2)CC1. The average Bonchev–Trinajstić information content (AvgIpc) is 3.08. The van der Waals surface area contributed by atoms with Gasteiger partial charge in [0.15, 0.2) is 0 Å². The summed E-state index contributed by atoms with van der Waals surface area (Å²) in [6.07, 6.45) is 4.18. The van der Waals surface area contributed by atoms with Crippen LogP contribution in [0.4, 0.5) is 0 Å². The van der Waals surface area contributed by atoms with Crippen LogP contribution in [-0.4, -0.2) is 34.0 Å². The molecule has 0 amide bonds. The first-order valence-corrected chi connectivity index (χ1v) is 8.52. The normalized spacial score (nSPS) is 18.2. The van der Waals surface area contributed by atoms with Crippen LogP contribution in [0.1, 0.15) is 29.5 Å². The molecule has 22 heavy (non-hydrogen) atoms. The molecule has 1 aliphatic rings. The summed E-state index contributed by atoms with van der Waals surface area (Å²) in [5, 5.41) is 11.3. The van der Waals surface area contributed by atoms with Gasteiger partial charge in [-0.05, 0) is 49.5 Å². The lowest BCUT2D eigenvalue weighted by atomic mass is 9.94. The fourth-order valence-electron chi connectivity index (χ4n) is 3.07. The minimum atomic E-state index is -0.656. The average molecular weight is 316 g/mol. The van der Waals surface area contributed by atoms with Crippen LogP contribution in [0.15, 0.2) is 41.9 Å². The highest BCUT2D eigenvalue weighted by atomic mass is 32.1. The second kappa shape index (κ2) is 7.03. The molecule has 2 aromatic heterocycles. The lowest BCUT2D eigenvalue weighted by molar-refractivity contribution is -0.143. The molecule has 0 aromatic carbocycles. The number of hydrogen-bond donors (Lipinski definition) is 1. The third-order valence-corrected chi connectivity index (χ3v) is 5.29. The van der Waals surface area contributed by atoms with E-state index < -0.39 is 5.97 Å². The predicted octanol–water partition coefficient (Wildman–Crippen LogP) is 3.22. The molecule has 3 rings (SSSR count). The number of likely N-dealkylation sites (tertiary alicyclic amines) is 1. The van der Waals surface area contributed by atoms with Crippen LogP contribution in [0.5, 0.6) is 0 Å². The van der Waals surface area contributed by atoms with Crippen LogP contribution in [0.2, 0.25) is 0 Å². The zero-order chi connectivity index (χ0) is 15.4. The first-order chi connectivity index (χ1) is 10.7. The summed E-state index contributed by atoms with van der Waals surface area (Å²) in [5.41, 5.74) is 1.08. The number of thiophene rings is 1. The van der Waals surface area contributed by atoms with Crippen molar-refractivity contribution in [2.75, 3.05) is 13.1 Å². The minimum absolute atomic E-state index is 0.185. The van der Waals surface area contributed by atoms with Crippen molar-refractivity contribution < 1.29 is 9.90 Å². The largest absolute Gasteiger partial charge is 0.481 e. The van der Waals surface area contributed by atoms with Crippen molar-refractivity contribution in [2.24, 2.45) is 5.92 Å². The number of aromatic nitrogens is 1. The highest BCUT2D eigenvalue weighted by Gasteiger charge is 2.29. The van der Waals surface area contributed by atoms with Gasteiger partial charge in [0, 0.05) is 29.2 Å². The standard InChI is InChI=1S/C17H20N2O2S/c20-17(21)13-6-9-19(10-7-13)15(16-5-3-11-22-16)12-14-4-1-2-8-18-14/h1-5,8,11,13,15H,6-7,9-10,12H2,(H,20,21). The number of piperidine rings is 1. The number of rotatable bonds is 5. The highest BCUT2D eigenvalue weighted by molar-refractivity contribution is 7.10. The fourth-order valence-corrected chi connectivity index (χ4v) is 3.93. The summed E-state index contributed by atoms with van der Waals surface area (Å²) >= 11 is 1.77. The van der Waals surface area contributed by atoms with Crippen LogP contribution >= 0.6 is 11.3 Å². The van der Waals surface area contributed by atoms with E-state index in [0.717, 1.165) is 38.0 Å². The quantitative estimate of drug-likeness (QED) is 0.920. The summed E-state index contributed by atoms with van der Waals surface area (Å²) in [6, 6.07) is 10.6. The molecule has 1 saturated heterocycles. The molecule has 1 atom stereocenters. The van der Waals surface area contributed by atoms with Crippen molar-refractivity contribution >= 4 is 17.3 Å². The molecule has 0 radical (unpaired) electrons. The smallest absolute Gasteiger partial charge is 0.306 e. The third-order valence-electron chi connectivity index (χ3n) is 4.32. The molecule has 0 aliphatic carbocycles. The molecule has 1 N–H and O–H groups in total. The first kappa shape index (κ1) is 15.2.